The molecule has 0 spiro atoms. The van der Waals surface area contributed by atoms with E-state index in [1.807, 2.05) is 27.7 Å². The second-order valence-corrected chi connectivity index (χ2v) is 10.1. The Morgan fingerprint density at radius 3 is 2.03 bits per heavy atom. The average molecular weight is 479 g/mol. The highest BCUT2D eigenvalue weighted by Gasteiger charge is 2.52. The van der Waals surface area contributed by atoms with Gasteiger partial charge in [0.25, 0.3) is 0 Å². The summed E-state index contributed by atoms with van der Waals surface area (Å²) in [5, 5.41) is 2.63. The van der Waals surface area contributed by atoms with Gasteiger partial charge < -0.3 is 33.6 Å². The Morgan fingerprint density at radius 1 is 1.03 bits per heavy atom. The molecule has 190 valence electrons. The first kappa shape index (κ1) is 27.8. The Bertz CT molecular complexity index is 878. The molecule has 1 atom stereocenters. The Labute approximate surface area is 202 Å². The fraction of sp³-hybridized carbons (Fsp3) is 0.667. The molecule has 1 heterocycles. The lowest BCUT2D eigenvalue weighted by Crippen LogP contribution is -2.47. The molecule has 9 nitrogen and oxygen atoms in total. The van der Waals surface area contributed by atoms with Crippen molar-refractivity contribution in [2.24, 2.45) is 0 Å². The fourth-order valence-electron chi connectivity index (χ4n) is 3.41. The van der Waals surface area contributed by atoms with Gasteiger partial charge in [0.05, 0.1) is 32.0 Å². The zero-order valence-electron chi connectivity index (χ0n) is 22.0. The fourth-order valence-corrected chi connectivity index (χ4v) is 3.41. The molecule has 0 saturated carbocycles. The van der Waals surface area contributed by atoms with Gasteiger partial charge in [-0.15, -0.1) is 0 Å². The summed E-state index contributed by atoms with van der Waals surface area (Å²) in [6.45, 7) is 14.9. The van der Waals surface area contributed by atoms with E-state index < -0.39 is 42.0 Å². The quantitative estimate of drug-likeness (QED) is 0.449. The number of nitrogens with one attached hydrogen (secondary N) is 1. The first-order valence-electron chi connectivity index (χ1n) is 11.4. The highest BCUT2D eigenvalue weighted by Crippen LogP contribution is 2.38. The van der Waals surface area contributed by atoms with Crippen LogP contribution in [0.25, 0.3) is 0 Å². The van der Waals surface area contributed by atoms with Crippen LogP contribution in [0.5, 0.6) is 11.5 Å². The molecule has 0 aromatic heterocycles. The summed E-state index contributed by atoms with van der Waals surface area (Å²) in [4.78, 5) is 25.2. The van der Waals surface area contributed by atoms with E-state index in [9.17, 15) is 9.59 Å². The van der Waals surface area contributed by atoms with Crippen molar-refractivity contribution in [2.75, 3.05) is 20.8 Å². The minimum atomic E-state index is -1.01. The van der Waals surface area contributed by atoms with E-state index in [-0.39, 0.29) is 13.0 Å². The molecule has 1 amide bonds. The molecule has 1 saturated heterocycles. The number of benzene rings is 1. The van der Waals surface area contributed by atoms with Crippen molar-refractivity contribution in [1.29, 1.82) is 0 Å². The lowest BCUT2D eigenvalue weighted by Gasteiger charge is -2.32. The Hall–Kier alpha value is -2.46. The zero-order valence-corrected chi connectivity index (χ0v) is 22.0. The highest BCUT2D eigenvalue weighted by molar-refractivity contribution is 6.62. The molecule has 10 heteroatoms. The van der Waals surface area contributed by atoms with Crippen LogP contribution >= 0.6 is 0 Å². The third kappa shape index (κ3) is 6.57. The number of rotatable bonds is 8. The van der Waals surface area contributed by atoms with Gasteiger partial charge in [0.2, 0.25) is 0 Å². The minimum Gasteiger partial charge on any atom is -0.493 e. The molecule has 0 bridgehead atoms. The number of ether oxygens (including phenoxy) is 4. The average Bonchev–Trinajstić information content (AvgIpc) is 2.92. The largest absolute Gasteiger partial charge is 0.495 e. The molecular formula is C24H38BNO8. The lowest BCUT2D eigenvalue weighted by molar-refractivity contribution is -0.145. The molecule has 1 aromatic carbocycles. The van der Waals surface area contributed by atoms with E-state index in [0.29, 0.717) is 22.5 Å². The maximum Gasteiger partial charge on any atom is 0.495 e. The molecule has 1 aliphatic rings. The maximum atomic E-state index is 12.8. The van der Waals surface area contributed by atoms with E-state index in [0.717, 1.165) is 0 Å². The molecule has 1 fully saturated rings. The van der Waals surface area contributed by atoms with Crippen molar-refractivity contribution in [1.82, 2.24) is 5.32 Å². The van der Waals surface area contributed by atoms with Crippen LogP contribution in [0.2, 0.25) is 0 Å². The molecule has 2 rings (SSSR count). The van der Waals surface area contributed by atoms with Crippen LogP contribution in [-0.4, -0.2) is 62.9 Å². The number of amides is 1. The van der Waals surface area contributed by atoms with Gasteiger partial charge in [-0.25, -0.2) is 9.59 Å². The maximum absolute atomic E-state index is 12.8. The van der Waals surface area contributed by atoms with Gasteiger partial charge >= 0.3 is 19.2 Å². The lowest BCUT2D eigenvalue weighted by atomic mass is 9.74. The highest BCUT2D eigenvalue weighted by atomic mass is 16.7. The van der Waals surface area contributed by atoms with Crippen molar-refractivity contribution < 1.29 is 37.8 Å². The van der Waals surface area contributed by atoms with Crippen LogP contribution in [0.15, 0.2) is 12.1 Å². The van der Waals surface area contributed by atoms with Crippen molar-refractivity contribution in [3.05, 3.63) is 17.7 Å². The third-order valence-corrected chi connectivity index (χ3v) is 5.84. The summed E-state index contributed by atoms with van der Waals surface area (Å²) in [6, 6.07) is 2.52. The zero-order chi connectivity index (χ0) is 25.9. The van der Waals surface area contributed by atoms with Crippen LogP contribution in [0.3, 0.4) is 0 Å². The molecule has 1 N–H and O–H groups in total. The number of hydrogen-bond donors (Lipinski definition) is 1. The van der Waals surface area contributed by atoms with Crippen molar-refractivity contribution in [3.63, 3.8) is 0 Å². The predicted molar refractivity (Wildman–Crippen MR) is 129 cm³/mol. The van der Waals surface area contributed by atoms with Crippen LogP contribution in [0, 0.1) is 0 Å². The number of carbonyl (C=O) groups is 2. The van der Waals surface area contributed by atoms with Crippen LogP contribution in [0.1, 0.15) is 61.0 Å². The van der Waals surface area contributed by atoms with Crippen molar-refractivity contribution in [2.45, 2.75) is 84.7 Å². The number of carbonyl (C=O) groups excluding carboxylic acids is 2. The van der Waals surface area contributed by atoms with E-state index in [1.54, 1.807) is 39.8 Å². The Morgan fingerprint density at radius 2 is 1.56 bits per heavy atom. The number of hydrogen-bond acceptors (Lipinski definition) is 8. The standard InChI is InChI=1S/C24H38BNO8/c1-11-31-20(27)17(26-21(28)32-22(2,3)4)12-15-13-18(29-9)19(30-10)14-16(15)25-33-23(5,6)24(7,8)34-25/h13-14,17H,11-12H2,1-10H3,(H,26,28)/t17-/m0/s1. The first-order valence-corrected chi connectivity index (χ1v) is 11.4. The van der Waals surface area contributed by atoms with Crippen molar-refractivity contribution in [3.8, 4) is 11.5 Å². The van der Waals surface area contributed by atoms with E-state index in [4.69, 9.17) is 28.3 Å². The second kappa shape index (κ2) is 10.4. The summed E-state index contributed by atoms with van der Waals surface area (Å²) < 4.78 is 34.0. The van der Waals surface area contributed by atoms with Gasteiger partial charge in [0, 0.05) is 6.42 Å². The SMILES string of the molecule is CCOC(=O)[C@H](Cc1cc(OC)c(OC)cc1B1OC(C)(C)C(C)(C)O1)NC(=O)OC(C)(C)C. The van der Waals surface area contributed by atoms with Gasteiger partial charge in [0.15, 0.2) is 11.5 Å². The van der Waals surface area contributed by atoms with Crippen LogP contribution in [0.4, 0.5) is 4.79 Å². The van der Waals surface area contributed by atoms with E-state index >= 15 is 0 Å². The van der Waals surface area contributed by atoms with Crippen LogP contribution in [-0.2, 0) is 30.0 Å². The summed E-state index contributed by atoms with van der Waals surface area (Å²) in [5.41, 5.74) is -0.531. The smallest absolute Gasteiger partial charge is 0.493 e. The monoisotopic (exact) mass is 479 g/mol. The molecule has 0 unspecified atom stereocenters. The topological polar surface area (TPSA) is 102 Å². The number of esters is 1. The second-order valence-electron chi connectivity index (χ2n) is 10.1. The molecule has 1 aromatic rings. The van der Waals surface area contributed by atoms with Gasteiger partial charge in [-0.3, -0.25) is 0 Å². The van der Waals surface area contributed by atoms with Gasteiger partial charge in [0.1, 0.15) is 11.6 Å². The molecular weight excluding hydrogens is 441 g/mol. The van der Waals surface area contributed by atoms with Gasteiger partial charge in [-0.2, -0.15) is 0 Å². The first-order chi connectivity index (χ1) is 15.6. The van der Waals surface area contributed by atoms with E-state index in [1.165, 1.54) is 14.2 Å². The van der Waals surface area contributed by atoms with Crippen LogP contribution < -0.4 is 20.3 Å². The number of methoxy groups -OCH3 is 2. The normalized spacial score (nSPS) is 17.6. The molecule has 1 aliphatic heterocycles. The van der Waals surface area contributed by atoms with Crippen molar-refractivity contribution >= 4 is 24.6 Å². The summed E-state index contributed by atoms with van der Waals surface area (Å²) in [5.74, 6) is 0.379. The van der Waals surface area contributed by atoms with Gasteiger partial charge in [-0.05, 0) is 78.5 Å². The third-order valence-electron chi connectivity index (χ3n) is 5.84. The molecule has 0 aliphatic carbocycles. The minimum absolute atomic E-state index is 0.0951. The summed E-state index contributed by atoms with van der Waals surface area (Å²) in [7, 11) is 2.35. The number of alkyl carbamates (subject to hydrolysis) is 1. The van der Waals surface area contributed by atoms with E-state index in [2.05, 4.69) is 5.32 Å². The predicted octanol–water partition coefficient (Wildman–Crippen LogP) is 3.00. The Balaban J connectivity index is 2.48. The molecule has 0 radical (unpaired) electrons. The summed E-state index contributed by atoms with van der Waals surface area (Å²) >= 11 is 0. The summed E-state index contributed by atoms with van der Waals surface area (Å²) in [6.07, 6.45) is -0.624. The Kier molecular flexibility index (Phi) is 8.53. The molecule has 34 heavy (non-hydrogen) atoms. The van der Waals surface area contributed by atoms with Gasteiger partial charge in [-0.1, -0.05) is 0 Å².